The van der Waals surface area contributed by atoms with E-state index in [0.717, 1.165) is 45.0 Å². The Morgan fingerprint density at radius 3 is 2.33 bits per heavy atom. The molecule has 118 valence electrons. The number of β-amino-alcohol motifs (C(OH)–C–C–N with tert-alkyl or cyclic N) is 1. The topological polar surface area (TPSA) is 62.0 Å². The van der Waals surface area contributed by atoms with Gasteiger partial charge >= 0.3 is 0 Å². The molecular formula is C16H27N3O2. The highest BCUT2D eigenvalue weighted by Gasteiger charge is 2.22. The van der Waals surface area contributed by atoms with Gasteiger partial charge in [0.05, 0.1) is 18.4 Å². The molecule has 0 spiro atoms. The van der Waals surface area contributed by atoms with Gasteiger partial charge in [-0.05, 0) is 31.5 Å². The minimum absolute atomic E-state index is 0.618. The monoisotopic (exact) mass is 293 g/mol. The number of methoxy groups -OCH3 is 1. The van der Waals surface area contributed by atoms with Crippen molar-refractivity contribution >= 4 is 5.69 Å². The second kappa shape index (κ2) is 6.64. The molecule has 1 heterocycles. The molecule has 1 aromatic rings. The fourth-order valence-corrected chi connectivity index (χ4v) is 2.79. The Morgan fingerprint density at radius 2 is 1.81 bits per heavy atom. The van der Waals surface area contributed by atoms with Gasteiger partial charge in [0.1, 0.15) is 5.75 Å². The number of anilines is 1. The van der Waals surface area contributed by atoms with Gasteiger partial charge in [-0.25, -0.2) is 0 Å². The number of hydrogen-bond donors (Lipinski definition) is 2. The maximum Gasteiger partial charge on any atom is 0.141 e. The SMILES string of the molecule is COc1ccc(CN2CCN(CC(C)(C)O)CC2)cc1N. The number of rotatable bonds is 5. The van der Waals surface area contributed by atoms with Crippen LogP contribution in [0.2, 0.25) is 0 Å². The first kappa shape index (κ1) is 16.1. The highest BCUT2D eigenvalue weighted by molar-refractivity contribution is 5.54. The number of piperazine rings is 1. The van der Waals surface area contributed by atoms with Crippen LogP contribution >= 0.6 is 0 Å². The molecule has 0 radical (unpaired) electrons. The van der Waals surface area contributed by atoms with Crippen LogP contribution < -0.4 is 10.5 Å². The second-order valence-corrected chi connectivity index (χ2v) is 6.44. The summed E-state index contributed by atoms with van der Waals surface area (Å²) in [6, 6.07) is 5.98. The fraction of sp³-hybridized carbons (Fsp3) is 0.625. The van der Waals surface area contributed by atoms with Crippen LogP contribution in [0.4, 0.5) is 5.69 Å². The van der Waals surface area contributed by atoms with Gasteiger partial charge in [-0.3, -0.25) is 9.80 Å². The van der Waals surface area contributed by atoms with Crippen molar-refractivity contribution in [2.75, 3.05) is 45.6 Å². The maximum atomic E-state index is 9.87. The number of nitrogens with two attached hydrogens (primary N) is 1. The molecule has 0 saturated carbocycles. The molecule has 21 heavy (non-hydrogen) atoms. The Labute approximate surface area is 127 Å². The van der Waals surface area contributed by atoms with E-state index in [1.165, 1.54) is 5.56 Å². The Balaban J connectivity index is 1.85. The molecule has 0 atom stereocenters. The summed E-state index contributed by atoms with van der Waals surface area (Å²) in [5.41, 5.74) is 7.23. The minimum atomic E-state index is -0.618. The summed E-state index contributed by atoms with van der Waals surface area (Å²) in [5, 5.41) is 9.87. The standard InChI is InChI=1S/C16H27N3O2/c1-16(2,20)12-19-8-6-18(7-9-19)11-13-4-5-15(21-3)14(17)10-13/h4-5,10,20H,6-9,11-12,17H2,1-3H3. The van der Waals surface area contributed by atoms with Crippen molar-refractivity contribution in [2.24, 2.45) is 0 Å². The summed E-state index contributed by atoms with van der Waals surface area (Å²) >= 11 is 0. The molecule has 0 amide bonds. The summed E-state index contributed by atoms with van der Waals surface area (Å²) < 4.78 is 5.18. The zero-order chi connectivity index (χ0) is 15.5. The molecule has 1 aliphatic rings. The van der Waals surface area contributed by atoms with Crippen LogP contribution in [0.15, 0.2) is 18.2 Å². The van der Waals surface area contributed by atoms with E-state index in [4.69, 9.17) is 10.5 Å². The van der Waals surface area contributed by atoms with Crippen LogP contribution in [-0.4, -0.2) is 60.3 Å². The first-order chi connectivity index (χ1) is 9.87. The summed E-state index contributed by atoms with van der Waals surface area (Å²) in [4.78, 5) is 4.74. The lowest BCUT2D eigenvalue weighted by Crippen LogP contribution is -2.50. The van der Waals surface area contributed by atoms with Crippen molar-refractivity contribution in [1.29, 1.82) is 0 Å². The van der Waals surface area contributed by atoms with Crippen molar-refractivity contribution in [3.8, 4) is 5.75 Å². The Morgan fingerprint density at radius 1 is 1.19 bits per heavy atom. The lowest BCUT2D eigenvalue weighted by Gasteiger charge is -2.37. The highest BCUT2D eigenvalue weighted by Crippen LogP contribution is 2.23. The molecule has 0 aromatic heterocycles. The summed E-state index contributed by atoms with van der Waals surface area (Å²) in [6.07, 6.45) is 0. The normalized spacial score (nSPS) is 17.9. The van der Waals surface area contributed by atoms with Gasteiger partial charge in [-0.15, -0.1) is 0 Å². The van der Waals surface area contributed by atoms with Gasteiger partial charge in [0.25, 0.3) is 0 Å². The molecular weight excluding hydrogens is 266 g/mol. The maximum absolute atomic E-state index is 9.87. The van der Waals surface area contributed by atoms with Crippen molar-refractivity contribution in [1.82, 2.24) is 9.80 Å². The number of nitrogen functional groups attached to an aromatic ring is 1. The van der Waals surface area contributed by atoms with Crippen molar-refractivity contribution in [3.05, 3.63) is 23.8 Å². The van der Waals surface area contributed by atoms with Crippen LogP contribution in [0.1, 0.15) is 19.4 Å². The third kappa shape index (κ3) is 4.88. The second-order valence-electron chi connectivity index (χ2n) is 6.44. The summed E-state index contributed by atoms with van der Waals surface area (Å²) in [5.74, 6) is 0.730. The molecule has 5 heteroatoms. The summed E-state index contributed by atoms with van der Waals surface area (Å²) in [6.45, 7) is 9.38. The van der Waals surface area contributed by atoms with Crippen molar-refractivity contribution in [2.45, 2.75) is 26.0 Å². The third-order valence-electron chi connectivity index (χ3n) is 3.78. The number of hydrogen-bond acceptors (Lipinski definition) is 5. The van der Waals surface area contributed by atoms with E-state index in [-0.39, 0.29) is 0 Å². The van der Waals surface area contributed by atoms with Crippen molar-refractivity contribution < 1.29 is 9.84 Å². The number of benzene rings is 1. The number of ether oxygens (including phenoxy) is 1. The van der Waals surface area contributed by atoms with Gasteiger partial charge in [-0.1, -0.05) is 6.07 Å². The van der Waals surface area contributed by atoms with E-state index in [0.29, 0.717) is 5.69 Å². The largest absolute Gasteiger partial charge is 0.495 e. The van der Waals surface area contributed by atoms with Gasteiger partial charge in [0, 0.05) is 39.3 Å². The predicted molar refractivity (Wildman–Crippen MR) is 85.4 cm³/mol. The molecule has 0 unspecified atom stereocenters. The Bertz CT molecular complexity index is 463. The van der Waals surface area contributed by atoms with Crippen LogP contribution in [0.25, 0.3) is 0 Å². The molecule has 0 aliphatic carbocycles. The molecule has 0 bridgehead atoms. The van der Waals surface area contributed by atoms with E-state index >= 15 is 0 Å². The highest BCUT2D eigenvalue weighted by atomic mass is 16.5. The van der Waals surface area contributed by atoms with Crippen molar-refractivity contribution in [3.63, 3.8) is 0 Å². The first-order valence-corrected chi connectivity index (χ1v) is 7.47. The first-order valence-electron chi connectivity index (χ1n) is 7.47. The molecule has 1 fully saturated rings. The van der Waals surface area contributed by atoms with Gasteiger partial charge in [0.2, 0.25) is 0 Å². The summed E-state index contributed by atoms with van der Waals surface area (Å²) in [7, 11) is 1.63. The molecule has 5 nitrogen and oxygen atoms in total. The fourth-order valence-electron chi connectivity index (χ4n) is 2.79. The number of aliphatic hydroxyl groups is 1. The molecule has 1 aliphatic heterocycles. The van der Waals surface area contributed by atoms with E-state index in [2.05, 4.69) is 15.9 Å². The molecule has 1 saturated heterocycles. The zero-order valence-corrected chi connectivity index (χ0v) is 13.3. The van der Waals surface area contributed by atoms with E-state index in [1.54, 1.807) is 7.11 Å². The van der Waals surface area contributed by atoms with Gasteiger partial charge in [-0.2, -0.15) is 0 Å². The molecule has 3 N–H and O–H groups in total. The number of nitrogens with zero attached hydrogens (tertiary/aromatic N) is 2. The molecule has 1 aromatic carbocycles. The zero-order valence-electron chi connectivity index (χ0n) is 13.3. The third-order valence-corrected chi connectivity index (χ3v) is 3.78. The average Bonchev–Trinajstić information content (AvgIpc) is 2.40. The minimum Gasteiger partial charge on any atom is -0.495 e. The molecule has 2 rings (SSSR count). The Hall–Kier alpha value is -1.30. The lowest BCUT2D eigenvalue weighted by atomic mass is 10.1. The van der Waals surface area contributed by atoms with Crippen LogP contribution in [-0.2, 0) is 6.54 Å². The van der Waals surface area contributed by atoms with Crippen LogP contribution in [0.5, 0.6) is 5.75 Å². The van der Waals surface area contributed by atoms with E-state index in [9.17, 15) is 5.11 Å². The van der Waals surface area contributed by atoms with Gasteiger partial charge < -0.3 is 15.6 Å². The van der Waals surface area contributed by atoms with Crippen LogP contribution in [0, 0.1) is 0 Å². The predicted octanol–water partition coefficient (Wildman–Crippen LogP) is 1.17. The smallest absolute Gasteiger partial charge is 0.141 e. The van der Waals surface area contributed by atoms with E-state index in [1.807, 2.05) is 26.0 Å². The Kier molecular flexibility index (Phi) is 5.08. The van der Waals surface area contributed by atoms with Gasteiger partial charge in [0.15, 0.2) is 0 Å². The average molecular weight is 293 g/mol. The van der Waals surface area contributed by atoms with Crippen LogP contribution in [0.3, 0.4) is 0 Å². The quantitative estimate of drug-likeness (QED) is 0.798. The van der Waals surface area contributed by atoms with E-state index < -0.39 is 5.60 Å². The lowest BCUT2D eigenvalue weighted by molar-refractivity contribution is 0.0167.